The van der Waals surface area contributed by atoms with Crippen molar-refractivity contribution in [2.45, 2.75) is 25.8 Å². The van der Waals surface area contributed by atoms with Gasteiger partial charge in [0.1, 0.15) is 5.75 Å². The molecule has 1 aliphatic rings. The highest BCUT2D eigenvalue weighted by Crippen LogP contribution is 2.16. The van der Waals surface area contributed by atoms with Gasteiger partial charge in [0.05, 0.1) is 13.0 Å². The van der Waals surface area contributed by atoms with Crippen LogP contribution in [0.25, 0.3) is 0 Å². The molecule has 0 aliphatic carbocycles. The SMILES string of the molecule is CC1CN(C(=O)CCOc2ccccc2)CCC1N. The largest absolute Gasteiger partial charge is 0.493 e. The molecule has 19 heavy (non-hydrogen) atoms. The second-order valence-electron chi connectivity index (χ2n) is 5.18. The lowest BCUT2D eigenvalue weighted by Gasteiger charge is -2.35. The van der Waals surface area contributed by atoms with E-state index in [1.807, 2.05) is 35.2 Å². The predicted molar refractivity (Wildman–Crippen MR) is 74.9 cm³/mol. The molecule has 104 valence electrons. The molecule has 1 aromatic rings. The van der Waals surface area contributed by atoms with E-state index in [0.717, 1.165) is 25.3 Å². The molecule has 1 amide bonds. The maximum absolute atomic E-state index is 12.0. The predicted octanol–water partition coefficient (Wildman–Crippen LogP) is 1.65. The molecule has 2 N–H and O–H groups in total. The number of amides is 1. The molecular weight excluding hydrogens is 240 g/mol. The molecule has 4 heteroatoms. The van der Waals surface area contributed by atoms with Gasteiger partial charge in [0.2, 0.25) is 5.91 Å². The Kier molecular flexibility index (Phi) is 4.80. The van der Waals surface area contributed by atoms with E-state index >= 15 is 0 Å². The zero-order valence-corrected chi connectivity index (χ0v) is 11.4. The number of nitrogens with two attached hydrogens (primary N) is 1. The number of hydrogen-bond donors (Lipinski definition) is 1. The van der Waals surface area contributed by atoms with Crippen molar-refractivity contribution in [3.63, 3.8) is 0 Å². The zero-order chi connectivity index (χ0) is 13.7. The van der Waals surface area contributed by atoms with Gasteiger partial charge >= 0.3 is 0 Å². The van der Waals surface area contributed by atoms with Gasteiger partial charge in [-0.1, -0.05) is 25.1 Å². The number of benzene rings is 1. The Labute approximate surface area is 114 Å². The van der Waals surface area contributed by atoms with E-state index in [9.17, 15) is 4.79 Å². The average Bonchev–Trinajstić information content (AvgIpc) is 2.43. The van der Waals surface area contributed by atoms with Gasteiger partial charge in [-0.15, -0.1) is 0 Å². The van der Waals surface area contributed by atoms with Crippen LogP contribution in [0.2, 0.25) is 0 Å². The Morgan fingerprint density at radius 2 is 2.16 bits per heavy atom. The zero-order valence-electron chi connectivity index (χ0n) is 11.4. The van der Waals surface area contributed by atoms with Crippen LogP contribution in [0.15, 0.2) is 30.3 Å². The molecule has 1 aromatic carbocycles. The van der Waals surface area contributed by atoms with Gasteiger partial charge < -0.3 is 15.4 Å². The Morgan fingerprint density at radius 1 is 1.42 bits per heavy atom. The van der Waals surface area contributed by atoms with Crippen LogP contribution in [0.5, 0.6) is 5.75 Å². The van der Waals surface area contributed by atoms with Crippen LogP contribution in [0.3, 0.4) is 0 Å². The van der Waals surface area contributed by atoms with Gasteiger partial charge in [-0.05, 0) is 24.5 Å². The summed E-state index contributed by atoms with van der Waals surface area (Å²) < 4.78 is 5.54. The maximum Gasteiger partial charge on any atom is 0.226 e. The van der Waals surface area contributed by atoms with Gasteiger partial charge in [-0.2, -0.15) is 0 Å². The molecular formula is C15H22N2O2. The third-order valence-corrected chi connectivity index (χ3v) is 3.65. The van der Waals surface area contributed by atoms with E-state index in [1.165, 1.54) is 0 Å². The molecule has 1 aliphatic heterocycles. The average molecular weight is 262 g/mol. The van der Waals surface area contributed by atoms with E-state index < -0.39 is 0 Å². The number of nitrogens with zero attached hydrogens (tertiary/aromatic N) is 1. The van der Waals surface area contributed by atoms with Crippen molar-refractivity contribution < 1.29 is 9.53 Å². The van der Waals surface area contributed by atoms with Gasteiger partial charge in [0.15, 0.2) is 0 Å². The highest BCUT2D eigenvalue weighted by molar-refractivity contribution is 5.76. The molecule has 0 aromatic heterocycles. The molecule has 4 nitrogen and oxygen atoms in total. The van der Waals surface area contributed by atoms with Crippen LogP contribution in [0.4, 0.5) is 0 Å². The molecule has 2 rings (SSSR count). The number of likely N-dealkylation sites (tertiary alicyclic amines) is 1. The van der Waals surface area contributed by atoms with Crippen molar-refractivity contribution >= 4 is 5.91 Å². The van der Waals surface area contributed by atoms with Crippen molar-refractivity contribution in [1.82, 2.24) is 4.90 Å². The summed E-state index contributed by atoms with van der Waals surface area (Å²) in [4.78, 5) is 14.0. The normalized spacial score (nSPS) is 23.2. The molecule has 0 bridgehead atoms. The number of carbonyl (C=O) groups is 1. The van der Waals surface area contributed by atoms with Crippen LogP contribution in [-0.4, -0.2) is 36.5 Å². The number of rotatable bonds is 4. The minimum absolute atomic E-state index is 0.162. The summed E-state index contributed by atoms with van der Waals surface area (Å²) >= 11 is 0. The van der Waals surface area contributed by atoms with Gasteiger partial charge in [0, 0.05) is 19.1 Å². The summed E-state index contributed by atoms with van der Waals surface area (Å²) in [5, 5.41) is 0. The second kappa shape index (κ2) is 6.57. The van der Waals surface area contributed by atoms with Crippen molar-refractivity contribution in [2.75, 3.05) is 19.7 Å². The van der Waals surface area contributed by atoms with Crippen molar-refractivity contribution in [1.29, 1.82) is 0 Å². The summed E-state index contributed by atoms with van der Waals surface area (Å²) in [5.74, 6) is 1.35. The molecule has 0 spiro atoms. The van der Waals surface area contributed by atoms with Gasteiger partial charge in [-0.3, -0.25) is 4.79 Å². The third-order valence-electron chi connectivity index (χ3n) is 3.65. The highest BCUT2D eigenvalue weighted by Gasteiger charge is 2.25. The summed E-state index contributed by atoms with van der Waals surface area (Å²) in [5.41, 5.74) is 5.95. The molecule has 0 saturated carbocycles. The summed E-state index contributed by atoms with van der Waals surface area (Å²) in [6.45, 7) is 4.07. The van der Waals surface area contributed by atoms with Crippen molar-refractivity contribution in [2.24, 2.45) is 11.7 Å². The Hall–Kier alpha value is -1.55. The van der Waals surface area contributed by atoms with Crippen LogP contribution in [0.1, 0.15) is 19.8 Å². The molecule has 1 heterocycles. The van der Waals surface area contributed by atoms with Crippen LogP contribution in [0, 0.1) is 5.92 Å². The molecule has 0 radical (unpaired) electrons. The maximum atomic E-state index is 12.0. The lowest BCUT2D eigenvalue weighted by Crippen LogP contribution is -2.48. The minimum atomic E-state index is 0.162. The monoisotopic (exact) mass is 262 g/mol. The topological polar surface area (TPSA) is 55.6 Å². The first-order valence-corrected chi connectivity index (χ1v) is 6.88. The number of ether oxygens (including phenoxy) is 1. The fourth-order valence-corrected chi connectivity index (χ4v) is 2.32. The van der Waals surface area contributed by atoms with Crippen LogP contribution in [-0.2, 0) is 4.79 Å². The molecule has 2 unspecified atom stereocenters. The third kappa shape index (κ3) is 3.96. The van der Waals surface area contributed by atoms with E-state index in [1.54, 1.807) is 0 Å². The number of para-hydroxylation sites is 1. The Balaban J connectivity index is 1.73. The Morgan fingerprint density at radius 3 is 2.84 bits per heavy atom. The van der Waals surface area contributed by atoms with Crippen molar-refractivity contribution in [3.05, 3.63) is 30.3 Å². The molecule has 1 saturated heterocycles. The summed E-state index contributed by atoms with van der Waals surface area (Å²) in [6, 6.07) is 9.80. The second-order valence-corrected chi connectivity index (χ2v) is 5.18. The first-order valence-electron chi connectivity index (χ1n) is 6.88. The number of hydrogen-bond acceptors (Lipinski definition) is 3. The smallest absolute Gasteiger partial charge is 0.226 e. The summed E-state index contributed by atoms with van der Waals surface area (Å²) in [6.07, 6.45) is 1.32. The first-order chi connectivity index (χ1) is 9.16. The molecule has 2 atom stereocenters. The number of piperidine rings is 1. The standard InChI is InChI=1S/C15H22N2O2/c1-12-11-17(9-7-14(12)16)15(18)8-10-19-13-5-3-2-4-6-13/h2-6,12,14H,7-11,16H2,1H3. The van der Waals surface area contributed by atoms with E-state index in [-0.39, 0.29) is 11.9 Å². The highest BCUT2D eigenvalue weighted by atomic mass is 16.5. The fourth-order valence-electron chi connectivity index (χ4n) is 2.32. The van der Waals surface area contributed by atoms with E-state index in [2.05, 4.69) is 6.92 Å². The van der Waals surface area contributed by atoms with E-state index in [4.69, 9.17) is 10.5 Å². The lowest BCUT2D eigenvalue weighted by molar-refractivity contribution is -0.133. The van der Waals surface area contributed by atoms with E-state index in [0.29, 0.717) is 18.9 Å². The number of carbonyl (C=O) groups excluding carboxylic acids is 1. The summed E-state index contributed by atoms with van der Waals surface area (Å²) in [7, 11) is 0. The van der Waals surface area contributed by atoms with Gasteiger partial charge in [-0.25, -0.2) is 0 Å². The van der Waals surface area contributed by atoms with Gasteiger partial charge in [0.25, 0.3) is 0 Å². The quantitative estimate of drug-likeness (QED) is 0.897. The van der Waals surface area contributed by atoms with Crippen molar-refractivity contribution in [3.8, 4) is 5.75 Å². The first kappa shape index (κ1) is 13.9. The lowest BCUT2D eigenvalue weighted by atomic mass is 9.95. The van der Waals surface area contributed by atoms with Crippen LogP contribution >= 0.6 is 0 Å². The fraction of sp³-hybridized carbons (Fsp3) is 0.533. The van der Waals surface area contributed by atoms with Crippen LogP contribution < -0.4 is 10.5 Å². The minimum Gasteiger partial charge on any atom is -0.493 e. The Bertz CT molecular complexity index is 408. The molecule has 1 fully saturated rings.